The van der Waals surface area contributed by atoms with Crippen LogP contribution in [0.2, 0.25) is 0 Å². The number of hydrogen-bond acceptors (Lipinski definition) is 6. The van der Waals surface area contributed by atoms with Gasteiger partial charge in [0.25, 0.3) is 5.91 Å². The summed E-state index contributed by atoms with van der Waals surface area (Å²) in [6.45, 7) is 0.254. The molecule has 1 N–H and O–H groups in total. The summed E-state index contributed by atoms with van der Waals surface area (Å²) in [6, 6.07) is 16.8. The number of methoxy groups -OCH3 is 1. The van der Waals surface area contributed by atoms with Gasteiger partial charge in [-0.3, -0.25) is 4.79 Å². The van der Waals surface area contributed by atoms with Crippen LogP contribution in [0, 0.1) is 0 Å². The maximum Gasteiger partial charge on any atom is 0.340 e. The van der Waals surface area contributed by atoms with E-state index in [0.717, 1.165) is 5.75 Å². The molecule has 0 saturated carbocycles. The van der Waals surface area contributed by atoms with Crippen molar-refractivity contribution in [3.05, 3.63) is 78.3 Å². The summed E-state index contributed by atoms with van der Waals surface area (Å²) < 4.78 is 20.9. The highest BCUT2D eigenvalue weighted by Crippen LogP contribution is 2.19. The summed E-state index contributed by atoms with van der Waals surface area (Å²) in [7, 11) is 1.59. The van der Waals surface area contributed by atoms with E-state index >= 15 is 0 Å². The van der Waals surface area contributed by atoms with Crippen molar-refractivity contribution in [2.45, 2.75) is 0 Å². The predicted molar refractivity (Wildman–Crippen MR) is 102 cm³/mol. The van der Waals surface area contributed by atoms with Gasteiger partial charge in [0.2, 0.25) is 0 Å². The molecular formula is C21H19NO6. The van der Waals surface area contributed by atoms with Crippen molar-refractivity contribution in [3.8, 4) is 11.5 Å². The van der Waals surface area contributed by atoms with Crippen LogP contribution in [-0.4, -0.2) is 32.2 Å². The lowest BCUT2D eigenvalue weighted by molar-refractivity contribution is 0.0451. The molecule has 1 aromatic heterocycles. The molecule has 0 aliphatic carbocycles. The molecule has 3 rings (SSSR count). The minimum absolute atomic E-state index is 0.0608. The van der Waals surface area contributed by atoms with Crippen LogP contribution in [-0.2, 0) is 4.74 Å². The molecule has 144 valence electrons. The summed E-state index contributed by atoms with van der Waals surface area (Å²) in [5, 5.41) is 2.64. The first-order chi connectivity index (χ1) is 13.7. The molecule has 0 aliphatic heterocycles. The zero-order valence-electron chi connectivity index (χ0n) is 15.2. The Morgan fingerprint density at radius 1 is 0.929 bits per heavy atom. The Bertz CT molecular complexity index is 918. The first kappa shape index (κ1) is 19.0. The zero-order chi connectivity index (χ0) is 19.8. The van der Waals surface area contributed by atoms with Gasteiger partial charge in [0.05, 0.1) is 24.6 Å². The Balaban J connectivity index is 1.53. The molecule has 0 spiro atoms. The van der Waals surface area contributed by atoms with Crippen molar-refractivity contribution >= 4 is 17.6 Å². The van der Waals surface area contributed by atoms with E-state index in [2.05, 4.69) is 5.32 Å². The Kier molecular flexibility index (Phi) is 6.30. The highest BCUT2D eigenvalue weighted by atomic mass is 16.6. The summed E-state index contributed by atoms with van der Waals surface area (Å²) in [5.74, 6) is 0.507. The monoisotopic (exact) mass is 381 g/mol. The molecule has 0 unspecified atom stereocenters. The Morgan fingerprint density at radius 3 is 2.39 bits per heavy atom. The topological polar surface area (TPSA) is 87.0 Å². The largest absolute Gasteiger partial charge is 0.497 e. The van der Waals surface area contributed by atoms with Gasteiger partial charge in [0.15, 0.2) is 5.76 Å². The third-order valence-electron chi connectivity index (χ3n) is 3.78. The molecule has 0 fully saturated rings. The van der Waals surface area contributed by atoms with Crippen LogP contribution in [0.1, 0.15) is 20.9 Å². The molecule has 1 heterocycles. The predicted octanol–water partition coefficient (Wildman–Crippen LogP) is 3.78. The molecule has 28 heavy (non-hydrogen) atoms. The van der Waals surface area contributed by atoms with Crippen LogP contribution < -0.4 is 14.8 Å². The number of ether oxygens (including phenoxy) is 3. The summed E-state index contributed by atoms with van der Waals surface area (Å²) in [5.41, 5.74) is 0.580. The number of para-hydroxylation sites is 1. The van der Waals surface area contributed by atoms with E-state index < -0.39 is 11.9 Å². The fourth-order valence-corrected chi connectivity index (χ4v) is 2.41. The van der Waals surface area contributed by atoms with Crippen molar-refractivity contribution < 1.29 is 28.2 Å². The second-order valence-electron chi connectivity index (χ2n) is 5.64. The lowest BCUT2D eigenvalue weighted by Gasteiger charge is -2.11. The minimum Gasteiger partial charge on any atom is -0.497 e. The van der Waals surface area contributed by atoms with Crippen molar-refractivity contribution in [1.82, 2.24) is 0 Å². The number of amides is 1. The fourth-order valence-electron chi connectivity index (χ4n) is 2.41. The average molecular weight is 381 g/mol. The highest BCUT2D eigenvalue weighted by Gasteiger charge is 2.16. The van der Waals surface area contributed by atoms with Crippen LogP contribution in [0.25, 0.3) is 0 Å². The number of carbonyl (C=O) groups is 2. The van der Waals surface area contributed by atoms with Gasteiger partial charge < -0.3 is 23.9 Å². The third kappa shape index (κ3) is 4.91. The maximum absolute atomic E-state index is 12.4. The number of rotatable bonds is 8. The summed E-state index contributed by atoms with van der Waals surface area (Å²) >= 11 is 0. The van der Waals surface area contributed by atoms with Gasteiger partial charge >= 0.3 is 5.97 Å². The van der Waals surface area contributed by atoms with Crippen LogP contribution >= 0.6 is 0 Å². The molecule has 7 nitrogen and oxygen atoms in total. The molecule has 3 aromatic rings. The second-order valence-corrected chi connectivity index (χ2v) is 5.64. The zero-order valence-corrected chi connectivity index (χ0v) is 15.2. The Hall–Kier alpha value is -3.74. The van der Waals surface area contributed by atoms with E-state index in [1.54, 1.807) is 61.7 Å². The van der Waals surface area contributed by atoms with Gasteiger partial charge in [-0.15, -0.1) is 0 Å². The van der Waals surface area contributed by atoms with Crippen LogP contribution in [0.4, 0.5) is 5.69 Å². The normalized spacial score (nSPS) is 10.2. The van der Waals surface area contributed by atoms with Gasteiger partial charge in [0, 0.05) is 0 Å². The molecule has 0 bridgehead atoms. The van der Waals surface area contributed by atoms with Crippen molar-refractivity contribution in [2.24, 2.45) is 0 Å². The highest BCUT2D eigenvalue weighted by molar-refractivity contribution is 6.06. The molecule has 0 aliphatic rings. The van der Waals surface area contributed by atoms with Crippen LogP contribution in [0.3, 0.4) is 0 Å². The number of carbonyl (C=O) groups excluding carboxylic acids is 2. The minimum atomic E-state index is -0.561. The van der Waals surface area contributed by atoms with E-state index in [1.165, 1.54) is 12.3 Å². The van der Waals surface area contributed by atoms with Crippen molar-refractivity contribution in [3.63, 3.8) is 0 Å². The first-order valence-electron chi connectivity index (χ1n) is 8.55. The number of anilines is 1. The second kappa shape index (κ2) is 9.27. The van der Waals surface area contributed by atoms with Gasteiger partial charge in [-0.25, -0.2) is 4.79 Å². The van der Waals surface area contributed by atoms with Crippen LogP contribution in [0.15, 0.2) is 71.3 Å². The molecule has 0 saturated heterocycles. The molecule has 2 aromatic carbocycles. The third-order valence-corrected chi connectivity index (χ3v) is 3.78. The van der Waals surface area contributed by atoms with E-state index in [1.807, 2.05) is 0 Å². The standard InChI is InChI=1S/C21H19NO6/c1-25-15-8-10-16(11-9-15)26-13-14-28-21(24)17-5-2-3-6-18(17)22-20(23)19-7-4-12-27-19/h2-12H,13-14H2,1H3,(H,22,23). The number of benzene rings is 2. The SMILES string of the molecule is COc1ccc(OCCOC(=O)c2ccccc2NC(=O)c2ccco2)cc1. The molecule has 0 atom stereocenters. The first-order valence-corrected chi connectivity index (χ1v) is 8.55. The van der Waals surface area contributed by atoms with E-state index in [4.69, 9.17) is 18.6 Å². The fraction of sp³-hybridized carbons (Fsp3) is 0.143. The maximum atomic E-state index is 12.4. The summed E-state index contributed by atoms with van der Waals surface area (Å²) in [6.07, 6.45) is 1.40. The lowest BCUT2D eigenvalue weighted by Crippen LogP contribution is -2.17. The molecule has 1 amide bonds. The van der Waals surface area contributed by atoms with Gasteiger partial charge in [-0.2, -0.15) is 0 Å². The lowest BCUT2D eigenvalue weighted by atomic mass is 10.1. The quantitative estimate of drug-likeness (QED) is 0.472. The molecule has 7 heteroatoms. The average Bonchev–Trinajstić information content (AvgIpc) is 3.27. The number of hydrogen-bond donors (Lipinski definition) is 1. The number of furan rings is 1. The Labute approximate surface area is 161 Å². The van der Waals surface area contributed by atoms with Gasteiger partial charge in [-0.1, -0.05) is 12.1 Å². The molecular weight excluding hydrogens is 362 g/mol. The Morgan fingerprint density at radius 2 is 1.68 bits per heavy atom. The van der Waals surface area contributed by atoms with Gasteiger partial charge in [-0.05, 0) is 48.5 Å². The number of nitrogens with one attached hydrogen (secondary N) is 1. The van der Waals surface area contributed by atoms with Crippen LogP contribution in [0.5, 0.6) is 11.5 Å². The smallest absolute Gasteiger partial charge is 0.340 e. The summed E-state index contributed by atoms with van der Waals surface area (Å²) in [4.78, 5) is 24.5. The van der Waals surface area contributed by atoms with Crippen molar-refractivity contribution in [2.75, 3.05) is 25.6 Å². The van der Waals surface area contributed by atoms with E-state index in [0.29, 0.717) is 11.4 Å². The van der Waals surface area contributed by atoms with E-state index in [-0.39, 0.29) is 24.5 Å². The van der Waals surface area contributed by atoms with E-state index in [9.17, 15) is 9.59 Å². The molecule has 0 radical (unpaired) electrons. The van der Waals surface area contributed by atoms with Gasteiger partial charge in [0.1, 0.15) is 24.7 Å². The van der Waals surface area contributed by atoms with Crippen molar-refractivity contribution in [1.29, 1.82) is 0 Å². The number of esters is 1.